The number of carbonyl (C=O) groups excluding carboxylic acids is 2. The first-order valence-electron chi connectivity index (χ1n) is 8.68. The fourth-order valence-corrected chi connectivity index (χ4v) is 2.88. The Morgan fingerprint density at radius 3 is 2.75 bits per heavy atom. The van der Waals surface area contributed by atoms with Crippen molar-refractivity contribution in [3.05, 3.63) is 71.8 Å². The SMILES string of the molecule is O=C(CNC(=O)c1ccc2c(c1)OCO2)N/N=C/c1cccc2ccccc12. The van der Waals surface area contributed by atoms with Crippen molar-refractivity contribution in [2.24, 2.45) is 5.10 Å². The molecule has 0 saturated carbocycles. The molecule has 7 nitrogen and oxygen atoms in total. The van der Waals surface area contributed by atoms with Crippen LogP contribution in [0.25, 0.3) is 10.8 Å². The van der Waals surface area contributed by atoms with E-state index in [4.69, 9.17) is 9.47 Å². The lowest BCUT2D eigenvalue weighted by Gasteiger charge is -2.05. The van der Waals surface area contributed by atoms with Gasteiger partial charge in [0.15, 0.2) is 11.5 Å². The molecule has 0 aromatic heterocycles. The molecule has 28 heavy (non-hydrogen) atoms. The van der Waals surface area contributed by atoms with Gasteiger partial charge in [-0.2, -0.15) is 5.10 Å². The van der Waals surface area contributed by atoms with E-state index in [0.717, 1.165) is 16.3 Å². The molecule has 1 heterocycles. The van der Waals surface area contributed by atoms with Crippen LogP contribution in [0.1, 0.15) is 15.9 Å². The van der Waals surface area contributed by atoms with E-state index in [1.54, 1.807) is 24.4 Å². The average molecular weight is 375 g/mol. The molecule has 0 spiro atoms. The maximum Gasteiger partial charge on any atom is 0.259 e. The lowest BCUT2D eigenvalue weighted by atomic mass is 10.1. The molecule has 2 amide bonds. The molecule has 2 N–H and O–H groups in total. The van der Waals surface area contributed by atoms with Gasteiger partial charge in [-0.15, -0.1) is 0 Å². The van der Waals surface area contributed by atoms with Crippen molar-refractivity contribution in [1.29, 1.82) is 0 Å². The maximum absolute atomic E-state index is 12.2. The predicted molar refractivity (Wildman–Crippen MR) is 105 cm³/mol. The Morgan fingerprint density at radius 1 is 1.00 bits per heavy atom. The fraction of sp³-hybridized carbons (Fsp3) is 0.0952. The van der Waals surface area contributed by atoms with E-state index in [-0.39, 0.29) is 19.2 Å². The van der Waals surface area contributed by atoms with Crippen LogP contribution < -0.4 is 20.2 Å². The average Bonchev–Trinajstić information content (AvgIpc) is 3.20. The van der Waals surface area contributed by atoms with Crippen LogP contribution in [-0.2, 0) is 4.79 Å². The third-order valence-electron chi connectivity index (χ3n) is 4.26. The van der Waals surface area contributed by atoms with Crippen LogP contribution in [0.3, 0.4) is 0 Å². The van der Waals surface area contributed by atoms with Gasteiger partial charge in [-0.25, -0.2) is 5.43 Å². The Labute approximate surface area is 161 Å². The van der Waals surface area contributed by atoms with Crippen molar-refractivity contribution in [1.82, 2.24) is 10.7 Å². The zero-order valence-corrected chi connectivity index (χ0v) is 14.8. The van der Waals surface area contributed by atoms with E-state index in [0.29, 0.717) is 17.1 Å². The van der Waals surface area contributed by atoms with Gasteiger partial charge in [-0.05, 0) is 29.0 Å². The van der Waals surface area contributed by atoms with Crippen molar-refractivity contribution in [2.75, 3.05) is 13.3 Å². The van der Waals surface area contributed by atoms with Gasteiger partial charge in [0.1, 0.15) is 0 Å². The Kier molecular flexibility index (Phi) is 4.88. The minimum Gasteiger partial charge on any atom is -0.454 e. The molecular weight excluding hydrogens is 358 g/mol. The molecule has 0 saturated heterocycles. The van der Waals surface area contributed by atoms with E-state index >= 15 is 0 Å². The standard InChI is InChI=1S/C21H17N3O4/c25-20(12-22-21(26)15-8-9-18-19(10-15)28-13-27-18)24-23-11-16-6-3-5-14-4-1-2-7-17(14)16/h1-11H,12-13H2,(H,22,26)(H,24,25)/b23-11+. The number of benzene rings is 3. The molecule has 0 unspecified atom stereocenters. The molecule has 0 bridgehead atoms. The van der Waals surface area contributed by atoms with Gasteiger partial charge < -0.3 is 14.8 Å². The first kappa shape index (κ1) is 17.5. The molecule has 7 heteroatoms. The van der Waals surface area contributed by atoms with Crippen LogP contribution in [0.5, 0.6) is 11.5 Å². The molecule has 3 aromatic carbocycles. The summed E-state index contributed by atoms with van der Waals surface area (Å²) in [4.78, 5) is 24.1. The summed E-state index contributed by atoms with van der Waals surface area (Å²) in [5, 5.41) is 8.66. The van der Waals surface area contributed by atoms with Crippen LogP contribution in [0.15, 0.2) is 65.8 Å². The normalized spacial score (nSPS) is 12.3. The smallest absolute Gasteiger partial charge is 0.259 e. The lowest BCUT2D eigenvalue weighted by molar-refractivity contribution is -0.120. The first-order chi connectivity index (χ1) is 13.7. The van der Waals surface area contributed by atoms with Crippen LogP contribution in [0, 0.1) is 0 Å². The molecular formula is C21H17N3O4. The number of nitrogens with zero attached hydrogens (tertiary/aromatic N) is 1. The number of hydrogen-bond acceptors (Lipinski definition) is 5. The van der Waals surface area contributed by atoms with Gasteiger partial charge in [0.05, 0.1) is 12.8 Å². The predicted octanol–water partition coefficient (Wildman–Crippen LogP) is 2.45. The topological polar surface area (TPSA) is 89.0 Å². The summed E-state index contributed by atoms with van der Waals surface area (Å²) in [6.45, 7) is -0.0579. The number of hydrogen-bond donors (Lipinski definition) is 2. The molecule has 3 aromatic rings. The number of nitrogens with one attached hydrogen (secondary N) is 2. The Balaban J connectivity index is 1.32. The van der Waals surface area contributed by atoms with E-state index in [9.17, 15) is 9.59 Å². The van der Waals surface area contributed by atoms with Crippen LogP contribution >= 0.6 is 0 Å². The molecule has 1 aliphatic heterocycles. The first-order valence-corrected chi connectivity index (χ1v) is 8.68. The zero-order valence-electron chi connectivity index (χ0n) is 14.8. The Hall–Kier alpha value is -3.87. The minimum absolute atomic E-state index is 0.136. The third-order valence-corrected chi connectivity index (χ3v) is 4.26. The van der Waals surface area contributed by atoms with Crippen molar-refractivity contribution in [3.8, 4) is 11.5 Å². The number of amides is 2. The zero-order chi connectivity index (χ0) is 19.3. The summed E-state index contributed by atoms with van der Waals surface area (Å²) in [6, 6.07) is 18.6. The largest absolute Gasteiger partial charge is 0.454 e. The second kappa shape index (κ2) is 7.79. The molecule has 4 rings (SSSR count). The van der Waals surface area contributed by atoms with Crippen molar-refractivity contribution >= 4 is 28.8 Å². The van der Waals surface area contributed by atoms with Crippen molar-refractivity contribution in [3.63, 3.8) is 0 Å². The highest BCUT2D eigenvalue weighted by Gasteiger charge is 2.16. The summed E-state index contributed by atoms with van der Waals surface area (Å²) in [6.07, 6.45) is 1.58. The summed E-state index contributed by atoms with van der Waals surface area (Å²) in [5.41, 5.74) is 3.69. The maximum atomic E-state index is 12.2. The molecule has 0 atom stereocenters. The van der Waals surface area contributed by atoms with E-state index in [1.807, 2.05) is 42.5 Å². The van der Waals surface area contributed by atoms with E-state index < -0.39 is 5.91 Å². The van der Waals surface area contributed by atoms with Crippen molar-refractivity contribution in [2.45, 2.75) is 0 Å². The van der Waals surface area contributed by atoms with Gasteiger partial charge in [0.25, 0.3) is 11.8 Å². The second-order valence-corrected chi connectivity index (χ2v) is 6.11. The monoisotopic (exact) mass is 375 g/mol. The number of fused-ring (bicyclic) bond motifs is 2. The number of ether oxygens (including phenoxy) is 2. The van der Waals surface area contributed by atoms with Gasteiger partial charge in [0, 0.05) is 11.1 Å². The highest BCUT2D eigenvalue weighted by Crippen LogP contribution is 2.32. The Bertz CT molecular complexity index is 1070. The number of rotatable bonds is 5. The van der Waals surface area contributed by atoms with Gasteiger partial charge >= 0.3 is 0 Å². The van der Waals surface area contributed by atoms with Crippen LogP contribution in [-0.4, -0.2) is 31.4 Å². The summed E-state index contributed by atoms with van der Waals surface area (Å²) in [5.74, 6) is 0.297. The minimum atomic E-state index is -0.425. The summed E-state index contributed by atoms with van der Waals surface area (Å²) in [7, 11) is 0. The summed E-state index contributed by atoms with van der Waals surface area (Å²) < 4.78 is 10.4. The van der Waals surface area contributed by atoms with E-state index in [1.165, 1.54) is 0 Å². The van der Waals surface area contributed by atoms with Crippen LogP contribution in [0.2, 0.25) is 0 Å². The third kappa shape index (κ3) is 3.78. The molecule has 0 aliphatic carbocycles. The highest BCUT2D eigenvalue weighted by atomic mass is 16.7. The number of carbonyl (C=O) groups is 2. The molecule has 0 fully saturated rings. The van der Waals surface area contributed by atoms with Crippen LogP contribution in [0.4, 0.5) is 0 Å². The quantitative estimate of drug-likeness (QED) is 0.530. The fourth-order valence-electron chi connectivity index (χ4n) is 2.88. The molecule has 140 valence electrons. The highest BCUT2D eigenvalue weighted by molar-refractivity contribution is 6.00. The molecule has 1 aliphatic rings. The second-order valence-electron chi connectivity index (χ2n) is 6.11. The summed E-state index contributed by atoms with van der Waals surface area (Å²) >= 11 is 0. The van der Waals surface area contributed by atoms with Gasteiger partial charge in [-0.3, -0.25) is 9.59 Å². The van der Waals surface area contributed by atoms with Crippen molar-refractivity contribution < 1.29 is 19.1 Å². The molecule has 0 radical (unpaired) electrons. The Morgan fingerprint density at radius 2 is 1.82 bits per heavy atom. The van der Waals surface area contributed by atoms with Gasteiger partial charge in [0.2, 0.25) is 6.79 Å². The lowest BCUT2D eigenvalue weighted by Crippen LogP contribution is -2.34. The van der Waals surface area contributed by atoms with Gasteiger partial charge in [-0.1, -0.05) is 42.5 Å². The number of hydrazone groups is 1. The van der Waals surface area contributed by atoms with E-state index in [2.05, 4.69) is 15.8 Å².